The summed E-state index contributed by atoms with van der Waals surface area (Å²) in [5.74, 6) is 1.73. The molecule has 0 aliphatic carbocycles. The van der Waals surface area contributed by atoms with Gasteiger partial charge in [-0.05, 0) is 18.2 Å². The van der Waals surface area contributed by atoms with Crippen molar-refractivity contribution in [2.75, 3.05) is 7.11 Å². The van der Waals surface area contributed by atoms with Gasteiger partial charge in [-0.1, -0.05) is 35.3 Å². The minimum atomic E-state index is 0.273. The second-order valence-corrected chi connectivity index (χ2v) is 5.18. The molecule has 2 aromatic rings. The molecule has 0 aliphatic heterocycles. The van der Waals surface area contributed by atoms with E-state index in [-0.39, 0.29) is 6.61 Å². The van der Waals surface area contributed by atoms with Crippen molar-refractivity contribution in [1.82, 2.24) is 0 Å². The Morgan fingerprint density at radius 2 is 1.75 bits per heavy atom. The van der Waals surface area contributed by atoms with E-state index < -0.39 is 0 Å². The van der Waals surface area contributed by atoms with Crippen LogP contribution < -0.4 is 9.47 Å². The van der Waals surface area contributed by atoms with Crippen LogP contribution in [0.3, 0.4) is 0 Å². The normalized spacial score (nSPS) is 10.4. The molecule has 0 spiro atoms. The van der Waals surface area contributed by atoms with Crippen molar-refractivity contribution in [3.63, 3.8) is 0 Å². The number of methoxy groups -OCH3 is 1. The SMILES string of the molecule is COc1ccc(CCl)c(OCc2c(Cl)cccc2Cl)c1. The van der Waals surface area contributed by atoms with Crippen LogP contribution in [-0.4, -0.2) is 7.11 Å². The highest BCUT2D eigenvalue weighted by Crippen LogP contribution is 2.30. The molecule has 106 valence electrons. The Labute approximate surface area is 133 Å². The molecule has 0 saturated heterocycles. The van der Waals surface area contributed by atoms with Gasteiger partial charge in [0.15, 0.2) is 0 Å². The van der Waals surface area contributed by atoms with E-state index in [9.17, 15) is 0 Å². The molecule has 2 nitrogen and oxygen atoms in total. The van der Waals surface area contributed by atoms with Crippen LogP contribution in [0.5, 0.6) is 11.5 Å². The number of ether oxygens (including phenoxy) is 2. The number of hydrogen-bond acceptors (Lipinski definition) is 2. The van der Waals surface area contributed by atoms with Gasteiger partial charge in [0.25, 0.3) is 0 Å². The van der Waals surface area contributed by atoms with E-state index in [1.165, 1.54) is 0 Å². The average molecular weight is 332 g/mol. The zero-order chi connectivity index (χ0) is 14.5. The fourth-order valence-corrected chi connectivity index (χ4v) is 2.45. The average Bonchev–Trinajstić information content (AvgIpc) is 2.46. The highest BCUT2D eigenvalue weighted by molar-refractivity contribution is 6.35. The lowest BCUT2D eigenvalue weighted by molar-refractivity contribution is 0.301. The largest absolute Gasteiger partial charge is 0.497 e. The molecule has 0 heterocycles. The maximum absolute atomic E-state index is 6.11. The predicted octanol–water partition coefficient (Wildman–Crippen LogP) is 5.32. The molecule has 0 saturated carbocycles. The van der Waals surface area contributed by atoms with Crippen LogP contribution in [-0.2, 0) is 12.5 Å². The van der Waals surface area contributed by atoms with Gasteiger partial charge in [0, 0.05) is 27.2 Å². The lowest BCUT2D eigenvalue weighted by atomic mass is 10.2. The van der Waals surface area contributed by atoms with E-state index in [4.69, 9.17) is 44.3 Å². The molecule has 0 fully saturated rings. The van der Waals surface area contributed by atoms with Gasteiger partial charge in [0.2, 0.25) is 0 Å². The van der Waals surface area contributed by atoms with Gasteiger partial charge in [-0.25, -0.2) is 0 Å². The van der Waals surface area contributed by atoms with Gasteiger partial charge >= 0.3 is 0 Å². The third kappa shape index (κ3) is 3.51. The summed E-state index contributed by atoms with van der Waals surface area (Å²) in [4.78, 5) is 0. The van der Waals surface area contributed by atoms with Crippen LogP contribution >= 0.6 is 34.8 Å². The minimum absolute atomic E-state index is 0.273. The Bertz CT molecular complexity index is 579. The zero-order valence-electron chi connectivity index (χ0n) is 10.8. The Balaban J connectivity index is 2.22. The highest BCUT2D eigenvalue weighted by atomic mass is 35.5. The van der Waals surface area contributed by atoms with Crippen molar-refractivity contribution < 1.29 is 9.47 Å². The second-order valence-electron chi connectivity index (χ2n) is 4.10. The highest BCUT2D eigenvalue weighted by Gasteiger charge is 2.09. The Morgan fingerprint density at radius 3 is 2.35 bits per heavy atom. The van der Waals surface area contributed by atoms with E-state index in [1.807, 2.05) is 12.1 Å². The number of hydrogen-bond donors (Lipinski definition) is 0. The smallest absolute Gasteiger partial charge is 0.127 e. The number of halogens is 3. The summed E-state index contributed by atoms with van der Waals surface area (Å²) >= 11 is 18.1. The molecule has 0 radical (unpaired) electrons. The van der Waals surface area contributed by atoms with E-state index >= 15 is 0 Å². The second kappa shape index (κ2) is 7.07. The van der Waals surface area contributed by atoms with Crippen molar-refractivity contribution in [2.24, 2.45) is 0 Å². The van der Waals surface area contributed by atoms with Gasteiger partial charge in [-0.15, -0.1) is 11.6 Å². The molecule has 0 atom stereocenters. The summed E-state index contributed by atoms with van der Waals surface area (Å²) in [6, 6.07) is 10.9. The van der Waals surface area contributed by atoms with E-state index in [2.05, 4.69) is 0 Å². The molecule has 5 heteroatoms. The topological polar surface area (TPSA) is 18.5 Å². The lowest BCUT2D eigenvalue weighted by Gasteiger charge is -2.13. The van der Waals surface area contributed by atoms with Gasteiger partial charge < -0.3 is 9.47 Å². The van der Waals surface area contributed by atoms with Crippen molar-refractivity contribution in [2.45, 2.75) is 12.5 Å². The summed E-state index contributed by atoms with van der Waals surface area (Å²) in [5.41, 5.74) is 1.63. The molecular formula is C15H13Cl3O2. The summed E-state index contributed by atoms with van der Waals surface area (Å²) < 4.78 is 11.0. The van der Waals surface area contributed by atoms with E-state index in [0.717, 1.165) is 11.1 Å². The summed E-state index contributed by atoms with van der Waals surface area (Å²) in [7, 11) is 1.60. The first-order valence-corrected chi connectivity index (χ1v) is 7.23. The quantitative estimate of drug-likeness (QED) is 0.690. The number of alkyl halides is 1. The standard InChI is InChI=1S/C15H13Cl3O2/c1-19-11-6-5-10(8-16)15(7-11)20-9-12-13(17)3-2-4-14(12)18/h2-7H,8-9H2,1H3. The number of benzene rings is 2. The molecule has 20 heavy (non-hydrogen) atoms. The van der Waals surface area contributed by atoms with Crippen LogP contribution in [0.25, 0.3) is 0 Å². The fourth-order valence-electron chi connectivity index (χ4n) is 1.73. The summed E-state index contributed by atoms with van der Waals surface area (Å²) in [6.45, 7) is 0.273. The van der Waals surface area contributed by atoms with Gasteiger partial charge in [0.05, 0.1) is 13.0 Å². The predicted molar refractivity (Wildman–Crippen MR) is 83.3 cm³/mol. The third-order valence-corrected chi connectivity index (χ3v) is 3.85. The molecule has 0 aromatic heterocycles. The van der Waals surface area contributed by atoms with E-state index in [1.54, 1.807) is 31.4 Å². The minimum Gasteiger partial charge on any atom is -0.497 e. The summed E-state index contributed by atoms with van der Waals surface area (Å²) in [5, 5.41) is 1.15. The molecule has 2 aromatic carbocycles. The molecule has 0 N–H and O–H groups in total. The third-order valence-electron chi connectivity index (χ3n) is 2.85. The molecule has 2 rings (SSSR count). The van der Waals surface area contributed by atoms with Crippen molar-refractivity contribution >= 4 is 34.8 Å². The molecular weight excluding hydrogens is 319 g/mol. The van der Waals surface area contributed by atoms with Gasteiger partial charge in [0.1, 0.15) is 18.1 Å². The Hall–Kier alpha value is -1.09. The van der Waals surface area contributed by atoms with Crippen LogP contribution in [0.2, 0.25) is 10.0 Å². The van der Waals surface area contributed by atoms with Gasteiger partial charge in [-0.2, -0.15) is 0 Å². The molecule has 0 aliphatic rings. The summed E-state index contributed by atoms with van der Waals surface area (Å²) in [6.07, 6.45) is 0. The van der Waals surface area contributed by atoms with Crippen molar-refractivity contribution in [3.8, 4) is 11.5 Å². The maximum atomic E-state index is 6.11. The first kappa shape index (κ1) is 15.3. The number of rotatable bonds is 5. The van der Waals surface area contributed by atoms with Crippen LogP contribution in [0.1, 0.15) is 11.1 Å². The van der Waals surface area contributed by atoms with Crippen LogP contribution in [0.4, 0.5) is 0 Å². The van der Waals surface area contributed by atoms with Crippen molar-refractivity contribution in [3.05, 3.63) is 57.6 Å². The van der Waals surface area contributed by atoms with Crippen LogP contribution in [0, 0.1) is 0 Å². The molecule has 0 bridgehead atoms. The fraction of sp³-hybridized carbons (Fsp3) is 0.200. The maximum Gasteiger partial charge on any atom is 0.127 e. The first-order valence-electron chi connectivity index (χ1n) is 5.94. The van der Waals surface area contributed by atoms with E-state index in [0.29, 0.717) is 27.4 Å². The Kier molecular flexibility index (Phi) is 5.41. The van der Waals surface area contributed by atoms with Crippen LogP contribution in [0.15, 0.2) is 36.4 Å². The molecule has 0 unspecified atom stereocenters. The zero-order valence-corrected chi connectivity index (χ0v) is 13.1. The Morgan fingerprint density at radius 1 is 1.05 bits per heavy atom. The van der Waals surface area contributed by atoms with Crippen molar-refractivity contribution in [1.29, 1.82) is 0 Å². The first-order chi connectivity index (χ1) is 9.65. The monoisotopic (exact) mass is 330 g/mol. The van der Waals surface area contributed by atoms with Gasteiger partial charge in [-0.3, -0.25) is 0 Å². The lowest BCUT2D eigenvalue weighted by Crippen LogP contribution is -2.00. The molecule has 0 amide bonds.